The topological polar surface area (TPSA) is 66.4 Å². The Bertz CT molecular complexity index is 311. The number of aliphatic hydroxyl groups is 1. The fourth-order valence-electron chi connectivity index (χ4n) is 2.47. The van der Waals surface area contributed by atoms with Gasteiger partial charge in [-0.05, 0) is 27.7 Å². The Hall–Kier alpha value is -0.240. The number of rotatable bonds is 4. The van der Waals surface area contributed by atoms with Gasteiger partial charge in [0.15, 0.2) is 17.9 Å². The third-order valence-electron chi connectivity index (χ3n) is 3.22. The SMILES string of the molecule is COC1CC(OC(C)(C)O)OC1C1COC(C)(C)O1. The zero-order chi connectivity index (χ0) is 14.3. The molecule has 0 aromatic heterocycles. The van der Waals surface area contributed by atoms with Gasteiger partial charge in [0.2, 0.25) is 0 Å². The van der Waals surface area contributed by atoms with E-state index in [-0.39, 0.29) is 18.3 Å². The Balaban J connectivity index is 1.97. The average molecular weight is 276 g/mol. The smallest absolute Gasteiger partial charge is 0.164 e. The molecule has 2 fully saturated rings. The quantitative estimate of drug-likeness (QED) is 0.773. The van der Waals surface area contributed by atoms with E-state index >= 15 is 0 Å². The van der Waals surface area contributed by atoms with E-state index in [0.717, 1.165) is 0 Å². The van der Waals surface area contributed by atoms with Gasteiger partial charge in [-0.2, -0.15) is 0 Å². The first kappa shape index (κ1) is 15.2. The molecule has 0 aromatic rings. The molecule has 4 atom stereocenters. The van der Waals surface area contributed by atoms with Crippen molar-refractivity contribution < 1.29 is 28.8 Å². The molecule has 0 saturated carbocycles. The van der Waals surface area contributed by atoms with Crippen LogP contribution in [-0.2, 0) is 23.7 Å². The molecule has 0 amide bonds. The molecule has 6 heteroatoms. The summed E-state index contributed by atoms with van der Waals surface area (Å²) in [5, 5.41) is 9.67. The summed E-state index contributed by atoms with van der Waals surface area (Å²) < 4.78 is 28.0. The minimum absolute atomic E-state index is 0.130. The molecule has 1 N–H and O–H groups in total. The molecule has 2 saturated heterocycles. The van der Waals surface area contributed by atoms with Crippen molar-refractivity contribution in [2.24, 2.45) is 0 Å². The summed E-state index contributed by atoms with van der Waals surface area (Å²) in [7, 11) is 1.63. The second kappa shape index (κ2) is 5.27. The molecule has 0 spiro atoms. The minimum Gasteiger partial charge on any atom is -0.378 e. The van der Waals surface area contributed by atoms with E-state index in [9.17, 15) is 5.11 Å². The normalized spacial score (nSPS) is 38.8. The third-order valence-corrected chi connectivity index (χ3v) is 3.22. The van der Waals surface area contributed by atoms with Crippen LogP contribution in [0.5, 0.6) is 0 Å². The second-order valence-corrected chi connectivity index (χ2v) is 5.97. The van der Waals surface area contributed by atoms with E-state index in [1.54, 1.807) is 21.0 Å². The van der Waals surface area contributed by atoms with Crippen molar-refractivity contribution in [3.8, 4) is 0 Å². The zero-order valence-corrected chi connectivity index (χ0v) is 12.2. The van der Waals surface area contributed by atoms with Gasteiger partial charge >= 0.3 is 0 Å². The summed E-state index contributed by atoms with van der Waals surface area (Å²) in [5.41, 5.74) is 0. The molecule has 4 unspecified atom stereocenters. The summed E-state index contributed by atoms with van der Waals surface area (Å²) in [6.45, 7) is 7.35. The van der Waals surface area contributed by atoms with Crippen molar-refractivity contribution in [3.63, 3.8) is 0 Å². The number of ether oxygens (including phenoxy) is 5. The van der Waals surface area contributed by atoms with Crippen molar-refractivity contribution in [1.29, 1.82) is 0 Å². The highest BCUT2D eigenvalue weighted by Gasteiger charge is 2.47. The summed E-state index contributed by atoms with van der Waals surface area (Å²) >= 11 is 0. The van der Waals surface area contributed by atoms with Crippen LogP contribution in [0, 0.1) is 0 Å². The van der Waals surface area contributed by atoms with Crippen LogP contribution in [-0.4, -0.2) is 55.0 Å². The first-order valence-corrected chi connectivity index (χ1v) is 6.60. The van der Waals surface area contributed by atoms with Crippen LogP contribution < -0.4 is 0 Å². The van der Waals surface area contributed by atoms with Crippen molar-refractivity contribution in [3.05, 3.63) is 0 Å². The summed E-state index contributed by atoms with van der Waals surface area (Å²) in [5.74, 6) is -1.83. The van der Waals surface area contributed by atoms with Gasteiger partial charge in [0, 0.05) is 13.5 Å². The van der Waals surface area contributed by atoms with Crippen LogP contribution in [0.3, 0.4) is 0 Å². The van der Waals surface area contributed by atoms with Crippen LogP contribution in [0.1, 0.15) is 34.1 Å². The molecule has 0 bridgehead atoms. The van der Waals surface area contributed by atoms with E-state index in [2.05, 4.69) is 0 Å². The van der Waals surface area contributed by atoms with Crippen LogP contribution in [0.4, 0.5) is 0 Å². The highest BCUT2D eigenvalue weighted by atomic mass is 16.8. The lowest BCUT2D eigenvalue weighted by atomic mass is 10.1. The van der Waals surface area contributed by atoms with Crippen molar-refractivity contribution in [2.45, 2.75) is 70.3 Å². The highest BCUT2D eigenvalue weighted by Crippen LogP contribution is 2.34. The Morgan fingerprint density at radius 2 is 2.00 bits per heavy atom. The lowest BCUT2D eigenvalue weighted by molar-refractivity contribution is -0.275. The van der Waals surface area contributed by atoms with E-state index in [1.165, 1.54) is 0 Å². The summed E-state index contributed by atoms with van der Waals surface area (Å²) in [6.07, 6.45) is -0.502. The summed E-state index contributed by atoms with van der Waals surface area (Å²) in [6, 6.07) is 0. The van der Waals surface area contributed by atoms with Gasteiger partial charge in [-0.3, -0.25) is 0 Å². The lowest BCUT2D eigenvalue weighted by Gasteiger charge is -2.25. The Labute approximate surface area is 113 Å². The first-order valence-electron chi connectivity index (χ1n) is 6.60. The Morgan fingerprint density at radius 3 is 2.47 bits per heavy atom. The second-order valence-electron chi connectivity index (χ2n) is 5.97. The molecular formula is C13H24O6. The predicted octanol–water partition coefficient (Wildman–Crippen LogP) is 1.01. The van der Waals surface area contributed by atoms with Crippen molar-refractivity contribution in [2.75, 3.05) is 13.7 Å². The van der Waals surface area contributed by atoms with Gasteiger partial charge in [-0.15, -0.1) is 0 Å². The van der Waals surface area contributed by atoms with Gasteiger partial charge in [0.25, 0.3) is 0 Å². The summed E-state index contributed by atoms with van der Waals surface area (Å²) in [4.78, 5) is 0. The lowest BCUT2D eigenvalue weighted by Crippen LogP contribution is -2.38. The van der Waals surface area contributed by atoms with E-state index in [0.29, 0.717) is 13.0 Å². The van der Waals surface area contributed by atoms with Gasteiger partial charge in [-0.1, -0.05) is 0 Å². The molecular weight excluding hydrogens is 252 g/mol. The Morgan fingerprint density at radius 1 is 1.32 bits per heavy atom. The van der Waals surface area contributed by atoms with Crippen LogP contribution in [0.2, 0.25) is 0 Å². The van der Waals surface area contributed by atoms with Crippen molar-refractivity contribution >= 4 is 0 Å². The fraction of sp³-hybridized carbons (Fsp3) is 1.00. The number of methoxy groups -OCH3 is 1. The maximum absolute atomic E-state index is 9.67. The predicted molar refractivity (Wildman–Crippen MR) is 66.4 cm³/mol. The van der Waals surface area contributed by atoms with Gasteiger partial charge in [-0.25, -0.2) is 0 Å². The number of hydrogen-bond donors (Lipinski definition) is 1. The molecule has 0 radical (unpaired) electrons. The molecule has 6 nitrogen and oxygen atoms in total. The monoisotopic (exact) mass is 276 g/mol. The van der Waals surface area contributed by atoms with Gasteiger partial charge < -0.3 is 28.8 Å². The van der Waals surface area contributed by atoms with E-state index in [1.807, 2.05) is 13.8 Å². The highest BCUT2D eigenvalue weighted by molar-refractivity contribution is 4.89. The van der Waals surface area contributed by atoms with Crippen LogP contribution in [0.15, 0.2) is 0 Å². The largest absolute Gasteiger partial charge is 0.378 e. The third kappa shape index (κ3) is 3.87. The standard InChI is InChI=1S/C13H24O6/c1-12(2,14)19-10-6-8(15-5)11(17-10)9-7-16-13(3,4)18-9/h8-11,14H,6-7H2,1-5H3. The van der Waals surface area contributed by atoms with Crippen LogP contribution in [0.25, 0.3) is 0 Å². The average Bonchev–Trinajstić information content (AvgIpc) is 2.79. The molecule has 2 heterocycles. The minimum atomic E-state index is -1.23. The van der Waals surface area contributed by atoms with Gasteiger partial charge in [0.05, 0.1) is 12.7 Å². The number of hydrogen-bond acceptors (Lipinski definition) is 6. The fourth-order valence-corrected chi connectivity index (χ4v) is 2.47. The molecule has 2 rings (SSSR count). The van der Waals surface area contributed by atoms with Crippen molar-refractivity contribution in [1.82, 2.24) is 0 Å². The van der Waals surface area contributed by atoms with Crippen LogP contribution >= 0.6 is 0 Å². The molecule has 112 valence electrons. The molecule has 2 aliphatic heterocycles. The first-order chi connectivity index (χ1) is 8.70. The van der Waals surface area contributed by atoms with E-state index < -0.39 is 17.9 Å². The molecule has 19 heavy (non-hydrogen) atoms. The zero-order valence-electron chi connectivity index (χ0n) is 12.2. The maximum Gasteiger partial charge on any atom is 0.164 e. The molecule has 0 aliphatic carbocycles. The molecule has 2 aliphatic rings. The Kier molecular flexibility index (Phi) is 4.21. The maximum atomic E-state index is 9.67. The van der Waals surface area contributed by atoms with Gasteiger partial charge in [0.1, 0.15) is 12.2 Å². The molecule has 0 aromatic carbocycles. The van der Waals surface area contributed by atoms with E-state index in [4.69, 9.17) is 23.7 Å².